The fraction of sp³-hybridized carbons (Fsp3) is 0.588. The molecule has 6 rings (SSSR count). The van der Waals surface area contributed by atoms with Crippen LogP contribution in [0, 0.1) is 23.6 Å². The first-order valence-corrected chi connectivity index (χ1v) is 18.3. The first kappa shape index (κ1) is 36.8. The van der Waals surface area contributed by atoms with Crippen LogP contribution < -0.4 is 25.2 Å². The van der Waals surface area contributed by atoms with E-state index in [1.807, 2.05) is 19.1 Å². The summed E-state index contributed by atoms with van der Waals surface area (Å²) >= 11 is 0. The topological polar surface area (TPSA) is 170 Å². The lowest BCUT2D eigenvalue weighted by Gasteiger charge is -2.31. The van der Waals surface area contributed by atoms with Crippen molar-refractivity contribution in [2.45, 2.75) is 94.2 Å². The fourth-order valence-corrected chi connectivity index (χ4v) is 8.50. The highest BCUT2D eigenvalue weighted by Crippen LogP contribution is 2.46. The number of hydrogen-bond donors (Lipinski definition) is 3. The van der Waals surface area contributed by atoms with E-state index in [1.165, 1.54) is 30.3 Å². The number of pyridine rings is 1. The molecule has 15 heteroatoms. The smallest absolute Gasteiger partial charge is 0.259 e. The predicted octanol–water partition coefficient (Wildman–Crippen LogP) is 3.37. The maximum Gasteiger partial charge on any atom is 0.259 e. The molecule has 268 valence electrons. The van der Waals surface area contributed by atoms with Crippen LogP contribution in [0.3, 0.4) is 0 Å². The summed E-state index contributed by atoms with van der Waals surface area (Å²) in [4.78, 5) is 47.6. The number of carbonyl (C=O) groups is 3. The molecule has 2 saturated carbocycles. The number of allylic oxidation sites excluding steroid dienone is 1. The van der Waals surface area contributed by atoms with Crippen LogP contribution in [-0.4, -0.2) is 78.7 Å². The third-order valence-electron chi connectivity index (χ3n) is 10.3. The molecule has 12 nitrogen and oxygen atoms in total. The zero-order valence-corrected chi connectivity index (χ0v) is 29.5. The van der Waals surface area contributed by atoms with Crippen LogP contribution in [0.2, 0.25) is 0 Å². The summed E-state index contributed by atoms with van der Waals surface area (Å²) < 4.78 is 53.8. The summed E-state index contributed by atoms with van der Waals surface area (Å²) in [5, 5.41) is 3.27. The number of sulfonamides is 1. The van der Waals surface area contributed by atoms with Crippen molar-refractivity contribution in [2.24, 2.45) is 23.5 Å². The number of rotatable bonds is 7. The Morgan fingerprint density at radius 1 is 1.22 bits per heavy atom. The Kier molecular flexibility index (Phi) is 10.8. The summed E-state index contributed by atoms with van der Waals surface area (Å²) in [6.07, 6.45) is 8.87. The second-order valence-electron chi connectivity index (χ2n) is 13.8. The van der Waals surface area contributed by atoms with Gasteiger partial charge in [-0.1, -0.05) is 32.4 Å². The van der Waals surface area contributed by atoms with E-state index < -0.39 is 68.5 Å². The summed E-state index contributed by atoms with van der Waals surface area (Å²) in [5.41, 5.74) is 5.16. The fourth-order valence-electron chi connectivity index (χ4n) is 7.13. The van der Waals surface area contributed by atoms with Crippen LogP contribution in [0.5, 0.6) is 11.6 Å². The van der Waals surface area contributed by atoms with Gasteiger partial charge in [-0.05, 0) is 73.9 Å². The Bertz CT molecular complexity index is 1740. The summed E-state index contributed by atoms with van der Waals surface area (Å²) in [5.74, 6) is -2.45. The number of nitrogens with two attached hydrogens (primary N) is 1. The Balaban J connectivity index is 0.00000468. The van der Waals surface area contributed by atoms with E-state index in [0.29, 0.717) is 30.0 Å². The molecule has 2 aliphatic carbocycles. The second kappa shape index (κ2) is 14.4. The lowest BCUT2D eigenvalue weighted by Crippen LogP contribution is -2.58. The van der Waals surface area contributed by atoms with Crippen molar-refractivity contribution in [3.8, 4) is 11.6 Å². The van der Waals surface area contributed by atoms with Crippen LogP contribution in [-0.2, 0) is 24.4 Å². The van der Waals surface area contributed by atoms with Crippen LogP contribution in [0.15, 0.2) is 36.5 Å². The molecular formula is C34H45ClFN5O7S. The normalized spacial score (nSPS) is 31.2. The van der Waals surface area contributed by atoms with Gasteiger partial charge in [-0.25, -0.2) is 17.8 Å². The van der Waals surface area contributed by atoms with Gasteiger partial charge in [0.1, 0.15) is 17.7 Å². The minimum absolute atomic E-state index is 0. The Hall–Kier alpha value is -3.49. The average molecular weight is 722 g/mol. The minimum Gasteiger partial charge on any atom is -0.494 e. The highest BCUT2D eigenvalue weighted by atomic mass is 35.5. The zero-order valence-electron chi connectivity index (χ0n) is 27.9. The third-order valence-corrected chi connectivity index (χ3v) is 12.1. The van der Waals surface area contributed by atoms with Gasteiger partial charge in [0.05, 0.1) is 24.9 Å². The first-order valence-electron chi connectivity index (χ1n) is 16.8. The van der Waals surface area contributed by atoms with Gasteiger partial charge >= 0.3 is 0 Å². The molecule has 3 heterocycles. The van der Waals surface area contributed by atoms with E-state index in [4.69, 9.17) is 15.2 Å². The van der Waals surface area contributed by atoms with Crippen LogP contribution in [0.4, 0.5) is 4.39 Å². The summed E-state index contributed by atoms with van der Waals surface area (Å²) in [6, 6.07) is 2.56. The monoisotopic (exact) mass is 721 g/mol. The standard InChI is InChI=1S/C34H44FN5O7S.ClH/c1-4-20-13-19(2)7-5-6-8-22-17-34(22,33(43)39-48(44,45)24-9-10-24)38-30(41)27-15-23(18-40(27)32(42)29(20)36)47-31-25-16-26(35)28(46-3)14-21(25)11-12-37-31;/h6,8,11-12,14,16,19-20,22-24,27,29H,4-5,7,9-10,13,15,17-18,36H2,1-3H3,(H,38,41)(H,39,43);1H/b8-6-;/t19-,20-,22-,23-,27+,29+,34-;/m1./s1. The van der Waals surface area contributed by atoms with Crippen LogP contribution in [0.1, 0.15) is 65.2 Å². The summed E-state index contributed by atoms with van der Waals surface area (Å²) in [7, 11) is -2.49. The molecule has 3 fully saturated rings. The molecule has 1 aromatic carbocycles. The van der Waals surface area contributed by atoms with Gasteiger partial charge in [0.15, 0.2) is 11.6 Å². The molecule has 1 saturated heterocycles. The molecule has 2 aromatic rings. The van der Waals surface area contributed by atoms with Crippen molar-refractivity contribution in [1.82, 2.24) is 19.9 Å². The molecule has 0 spiro atoms. The number of benzene rings is 1. The van der Waals surface area contributed by atoms with Crippen molar-refractivity contribution >= 4 is 50.9 Å². The number of fused-ring (bicyclic) bond motifs is 3. The van der Waals surface area contributed by atoms with E-state index >= 15 is 0 Å². The first-order chi connectivity index (χ1) is 22.9. The predicted molar refractivity (Wildman–Crippen MR) is 183 cm³/mol. The molecule has 3 amide bonds. The number of hydrogen-bond acceptors (Lipinski definition) is 9. The van der Waals surface area contributed by atoms with Crippen LogP contribution >= 0.6 is 12.4 Å². The van der Waals surface area contributed by atoms with Crippen molar-refractivity contribution in [1.29, 1.82) is 0 Å². The number of methoxy groups -OCH3 is 1. The van der Waals surface area contributed by atoms with Gasteiger partial charge in [-0.2, -0.15) is 0 Å². The molecule has 4 aliphatic rings. The number of aromatic nitrogens is 1. The molecule has 4 N–H and O–H groups in total. The van der Waals surface area contributed by atoms with E-state index in [1.54, 1.807) is 6.07 Å². The molecule has 0 radical (unpaired) electrons. The molecule has 0 bridgehead atoms. The molecule has 49 heavy (non-hydrogen) atoms. The van der Waals surface area contributed by atoms with Gasteiger partial charge in [0.25, 0.3) is 5.91 Å². The number of carbonyl (C=O) groups excluding carboxylic acids is 3. The number of nitrogens with zero attached hydrogens (tertiary/aromatic N) is 2. The SMILES string of the molecule is CC[C@@H]1C[C@H](C)CC/C=C\[C@@H]2C[C@@]2(C(=O)NS(=O)(=O)C2CC2)NC(=O)[C@@H]2C[C@@H](Oc3nccc4cc(OC)c(F)cc34)CN2C(=O)[C@H]1N.Cl. The highest BCUT2D eigenvalue weighted by molar-refractivity contribution is 7.91. The maximum absolute atomic E-state index is 14.7. The van der Waals surface area contributed by atoms with Gasteiger partial charge in [-0.3, -0.25) is 19.1 Å². The molecule has 7 atom stereocenters. The van der Waals surface area contributed by atoms with Gasteiger partial charge in [0, 0.05) is 23.9 Å². The maximum atomic E-state index is 14.7. The number of halogens is 2. The van der Waals surface area contributed by atoms with Gasteiger partial charge < -0.3 is 25.4 Å². The molecule has 0 unspecified atom stereocenters. The lowest BCUT2D eigenvalue weighted by atomic mass is 9.85. The van der Waals surface area contributed by atoms with E-state index in [2.05, 4.69) is 21.9 Å². The Labute approximate surface area is 292 Å². The molecule has 2 aliphatic heterocycles. The number of ether oxygens (including phenoxy) is 2. The Morgan fingerprint density at radius 2 is 1.98 bits per heavy atom. The number of nitrogens with one attached hydrogen (secondary N) is 2. The Morgan fingerprint density at radius 3 is 2.67 bits per heavy atom. The van der Waals surface area contributed by atoms with E-state index in [-0.39, 0.29) is 55.3 Å². The van der Waals surface area contributed by atoms with Gasteiger partial charge in [0.2, 0.25) is 27.7 Å². The number of amides is 3. The molecular weight excluding hydrogens is 677 g/mol. The van der Waals surface area contributed by atoms with Crippen molar-refractivity contribution in [2.75, 3.05) is 13.7 Å². The zero-order chi connectivity index (χ0) is 34.4. The third kappa shape index (κ3) is 7.51. The van der Waals surface area contributed by atoms with E-state index in [9.17, 15) is 27.2 Å². The largest absolute Gasteiger partial charge is 0.494 e. The lowest BCUT2D eigenvalue weighted by molar-refractivity contribution is -0.141. The minimum atomic E-state index is -3.87. The summed E-state index contributed by atoms with van der Waals surface area (Å²) in [6.45, 7) is 4.11. The van der Waals surface area contributed by atoms with Gasteiger partial charge in [-0.15, -0.1) is 12.4 Å². The van der Waals surface area contributed by atoms with Crippen molar-refractivity contribution in [3.05, 3.63) is 42.4 Å². The van der Waals surface area contributed by atoms with E-state index in [0.717, 1.165) is 19.3 Å². The quantitative estimate of drug-likeness (QED) is 0.363. The second-order valence-corrected chi connectivity index (χ2v) is 15.8. The molecule has 1 aromatic heterocycles. The highest BCUT2D eigenvalue weighted by Gasteiger charge is 2.62. The average Bonchev–Trinajstić information content (AvgIpc) is 3.98. The van der Waals surface area contributed by atoms with Crippen LogP contribution in [0.25, 0.3) is 10.8 Å². The van der Waals surface area contributed by atoms with Crippen molar-refractivity contribution in [3.63, 3.8) is 0 Å². The van der Waals surface area contributed by atoms with Crippen molar-refractivity contribution < 1.29 is 36.7 Å².